The molecule has 92 valence electrons. The number of allylic oxidation sites excluding steroid dienone is 1. The van der Waals surface area contributed by atoms with Crippen molar-refractivity contribution in [1.29, 1.82) is 0 Å². The molecule has 2 heteroatoms. The summed E-state index contributed by atoms with van der Waals surface area (Å²) >= 11 is 0. The molecule has 0 saturated carbocycles. The van der Waals surface area contributed by atoms with E-state index in [1.807, 2.05) is 0 Å². The summed E-state index contributed by atoms with van der Waals surface area (Å²) in [5, 5.41) is 0. The van der Waals surface area contributed by atoms with Gasteiger partial charge in [0.15, 0.2) is 0 Å². The number of methoxy groups -OCH3 is 1. The highest BCUT2D eigenvalue weighted by Gasteiger charge is 2.32. The Hall–Kier alpha value is -0.790. The lowest BCUT2D eigenvalue weighted by atomic mass is 9.69. The largest absolute Gasteiger partial charge is 0.466 e. The third-order valence-electron chi connectivity index (χ3n) is 3.89. The van der Waals surface area contributed by atoms with Crippen LogP contribution < -0.4 is 0 Å². The molecule has 1 unspecified atom stereocenters. The summed E-state index contributed by atoms with van der Waals surface area (Å²) in [7, 11) is 1.47. The van der Waals surface area contributed by atoms with Crippen molar-refractivity contribution in [3.05, 3.63) is 11.6 Å². The Labute approximate surface area is 99.1 Å². The van der Waals surface area contributed by atoms with Gasteiger partial charge in [0.1, 0.15) is 0 Å². The van der Waals surface area contributed by atoms with Gasteiger partial charge in [0.25, 0.3) is 0 Å². The molecule has 0 bridgehead atoms. The first-order valence-electron chi connectivity index (χ1n) is 6.45. The molecule has 0 saturated heterocycles. The monoisotopic (exact) mass is 224 g/mol. The number of carbonyl (C=O) groups excluding carboxylic acids is 1. The Kier molecular flexibility index (Phi) is 5.04. The zero-order chi connectivity index (χ0) is 12.0. The van der Waals surface area contributed by atoms with Crippen molar-refractivity contribution in [3.63, 3.8) is 0 Å². The van der Waals surface area contributed by atoms with Gasteiger partial charge >= 0.3 is 5.97 Å². The Balaban J connectivity index is 2.69. The number of hydrogen-bond donors (Lipinski definition) is 0. The van der Waals surface area contributed by atoms with Crippen molar-refractivity contribution in [2.24, 2.45) is 5.41 Å². The van der Waals surface area contributed by atoms with Crippen LogP contribution in [-0.4, -0.2) is 13.1 Å². The lowest BCUT2D eigenvalue weighted by molar-refractivity contribution is -0.136. The summed E-state index contributed by atoms with van der Waals surface area (Å²) in [6.07, 6.45) is 10.1. The van der Waals surface area contributed by atoms with E-state index in [4.69, 9.17) is 4.74 Å². The molecule has 0 heterocycles. The van der Waals surface area contributed by atoms with E-state index in [0.29, 0.717) is 5.41 Å². The highest BCUT2D eigenvalue weighted by Crippen LogP contribution is 2.43. The van der Waals surface area contributed by atoms with Crippen LogP contribution in [0, 0.1) is 5.41 Å². The van der Waals surface area contributed by atoms with Crippen molar-refractivity contribution in [1.82, 2.24) is 0 Å². The molecular weight excluding hydrogens is 200 g/mol. The zero-order valence-corrected chi connectivity index (χ0v) is 10.8. The van der Waals surface area contributed by atoms with E-state index in [1.54, 1.807) is 0 Å². The normalized spacial score (nSPS) is 25.1. The van der Waals surface area contributed by atoms with E-state index >= 15 is 0 Å². The molecule has 16 heavy (non-hydrogen) atoms. The Morgan fingerprint density at radius 1 is 1.50 bits per heavy atom. The van der Waals surface area contributed by atoms with Crippen LogP contribution in [0.1, 0.15) is 58.8 Å². The Morgan fingerprint density at radius 3 is 2.81 bits per heavy atom. The minimum atomic E-state index is -0.131. The predicted molar refractivity (Wildman–Crippen MR) is 66.2 cm³/mol. The van der Waals surface area contributed by atoms with E-state index in [0.717, 1.165) is 18.4 Å². The summed E-state index contributed by atoms with van der Waals surface area (Å²) in [5.41, 5.74) is 1.25. The summed E-state index contributed by atoms with van der Waals surface area (Å²) in [6.45, 7) is 4.47. The van der Waals surface area contributed by atoms with Gasteiger partial charge < -0.3 is 4.74 Å². The maximum atomic E-state index is 11.6. The molecule has 0 radical (unpaired) electrons. The van der Waals surface area contributed by atoms with Crippen LogP contribution in [0.25, 0.3) is 0 Å². The van der Waals surface area contributed by atoms with Gasteiger partial charge in [0, 0.05) is 5.57 Å². The van der Waals surface area contributed by atoms with E-state index in [9.17, 15) is 4.79 Å². The number of carbonyl (C=O) groups is 1. The van der Waals surface area contributed by atoms with Gasteiger partial charge in [0.05, 0.1) is 7.11 Å². The molecule has 0 aromatic rings. The third kappa shape index (κ3) is 3.10. The van der Waals surface area contributed by atoms with Crippen LogP contribution in [0.5, 0.6) is 0 Å². The molecule has 0 amide bonds. The van der Waals surface area contributed by atoms with Crippen LogP contribution in [0.2, 0.25) is 0 Å². The quantitative estimate of drug-likeness (QED) is 0.663. The molecule has 0 aromatic carbocycles. The molecule has 1 atom stereocenters. The number of esters is 1. The fourth-order valence-corrected chi connectivity index (χ4v) is 2.65. The van der Waals surface area contributed by atoms with E-state index in [-0.39, 0.29) is 5.97 Å². The smallest absolute Gasteiger partial charge is 0.333 e. The summed E-state index contributed by atoms with van der Waals surface area (Å²) in [4.78, 5) is 11.6. The first-order valence-corrected chi connectivity index (χ1v) is 6.45. The van der Waals surface area contributed by atoms with Crippen molar-refractivity contribution in [2.75, 3.05) is 7.11 Å². The van der Waals surface area contributed by atoms with Crippen molar-refractivity contribution in [2.45, 2.75) is 58.8 Å². The van der Waals surface area contributed by atoms with Gasteiger partial charge in [-0.2, -0.15) is 0 Å². The first kappa shape index (κ1) is 13.3. The molecule has 2 nitrogen and oxygen atoms in total. The fraction of sp³-hybridized carbons (Fsp3) is 0.786. The van der Waals surface area contributed by atoms with E-state index in [1.165, 1.54) is 39.2 Å². The maximum Gasteiger partial charge on any atom is 0.333 e. The molecule has 0 spiro atoms. The molecular formula is C14H24O2. The lowest BCUT2D eigenvalue weighted by Gasteiger charge is -2.36. The van der Waals surface area contributed by atoms with E-state index in [2.05, 4.69) is 19.9 Å². The van der Waals surface area contributed by atoms with Crippen LogP contribution >= 0.6 is 0 Å². The summed E-state index contributed by atoms with van der Waals surface area (Å²) < 4.78 is 4.82. The molecule has 0 aliphatic heterocycles. The van der Waals surface area contributed by atoms with Crippen molar-refractivity contribution in [3.8, 4) is 0 Å². The minimum Gasteiger partial charge on any atom is -0.466 e. The molecule has 1 aliphatic carbocycles. The average molecular weight is 224 g/mol. The highest BCUT2D eigenvalue weighted by molar-refractivity contribution is 5.88. The van der Waals surface area contributed by atoms with Crippen LogP contribution in [0.15, 0.2) is 11.6 Å². The highest BCUT2D eigenvalue weighted by atomic mass is 16.5. The minimum absolute atomic E-state index is 0.131. The number of rotatable bonds is 5. The molecule has 1 aliphatic rings. The molecule has 0 fully saturated rings. The predicted octanol–water partition coefficient (Wildman–Crippen LogP) is 3.86. The topological polar surface area (TPSA) is 26.3 Å². The Bertz CT molecular complexity index is 268. The second kappa shape index (κ2) is 6.07. The second-order valence-electron chi connectivity index (χ2n) is 4.89. The molecule has 0 aromatic heterocycles. The third-order valence-corrected chi connectivity index (χ3v) is 3.89. The number of ether oxygens (including phenoxy) is 1. The van der Waals surface area contributed by atoms with Crippen molar-refractivity contribution >= 4 is 5.97 Å². The number of hydrogen-bond acceptors (Lipinski definition) is 2. The summed E-state index contributed by atoms with van der Waals surface area (Å²) in [6, 6.07) is 0. The summed E-state index contributed by atoms with van der Waals surface area (Å²) in [5.74, 6) is -0.131. The van der Waals surface area contributed by atoms with E-state index < -0.39 is 0 Å². The number of unbranched alkanes of at least 4 members (excludes halogenated alkanes) is 1. The van der Waals surface area contributed by atoms with Crippen LogP contribution in [0.3, 0.4) is 0 Å². The van der Waals surface area contributed by atoms with Gasteiger partial charge in [-0.1, -0.05) is 39.2 Å². The second-order valence-corrected chi connectivity index (χ2v) is 4.89. The SMILES string of the molecule is CCCCC1(CC)CCC=C(C(=O)OC)C1. The first-order chi connectivity index (χ1) is 7.67. The van der Waals surface area contributed by atoms with Crippen LogP contribution in [-0.2, 0) is 9.53 Å². The lowest BCUT2D eigenvalue weighted by Crippen LogP contribution is -2.26. The van der Waals surface area contributed by atoms with Gasteiger partial charge in [-0.3, -0.25) is 0 Å². The van der Waals surface area contributed by atoms with Crippen molar-refractivity contribution < 1.29 is 9.53 Å². The van der Waals surface area contributed by atoms with Crippen LogP contribution in [0.4, 0.5) is 0 Å². The average Bonchev–Trinajstić information content (AvgIpc) is 2.35. The molecule has 1 rings (SSSR count). The van der Waals surface area contributed by atoms with Gasteiger partial charge in [-0.25, -0.2) is 4.79 Å². The van der Waals surface area contributed by atoms with Gasteiger partial charge in [-0.15, -0.1) is 0 Å². The maximum absolute atomic E-state index is 11.6. The van der Waals surface area contributed by atoms with Gasteiger partial charge in [0.2, 0.25) is 0 Å². The fourth-order valence-electron chi connectivity index (χ4n) is 2.65. The Morgan fingerprint density at radius 2 is 2.25 bits per heavy atom. The standard InChI is InChI=1S/C14H24O2/c1-4-6-9-14(5-2)10-7-8-12(11-14)13(15)16-3/h8H,4-7,9-11H2,1-3H3. The van der Waals surface area contributed by atoms with Gasteiger partial charge in [-0.05, 0) is 31.1 Å². The zero-order valence-electron chi connectivity index (χ0n) is 10.8. The molecule has 0 N–H and O–H groups in total.